The number of anilines is 2. The number of hydrogen-bond acceptors (Lipinski definition) is 5. The Labute approximate surface area is 162 Å². The van der Waals surface area contributed by atoms with Gasteiger partial charge in [-0.3, -0.25) is 9.69 Å². The molecule has 0 bridgehead atoms. The van der Waals surface area contributed by atoms with Crippen LogP contribution in [0.25, 0.3) is 0 Å². The lowest BCUT2D eigenvalue weighted by atomic mass is 10.0. The van der Waals surface area contributed by atoms with E-state index in [1.165, 1.54) is 17.0 Å². The maximum atomic E-state index is 13.1. The Morgan fingerprint density at radius 3 is 2.19 bits per heavy atom. The molecular formula is C20H16N4O2S. The first kappa shape index (κ1) is 18.5. The lowest BCUT2D eigenvalue weighted by Crippen LogP contribution is -2.44. The van der Waals surface area contributed by atoms with E-state index in [1.54, 1.807) is 49.1 Å². The van der Waals surface area contributed by atoms with Crippen molar-refractivity contribution in [1.29, 1.82) is 10.5 Å². The van der Waals surface area contributed by atoms with E-state index in [0.717, 1.165) is 11.3 Å². The topological polar surface area (TPSA) is 91.4 Å². The van der Waals surface area contributed by atoms with Gasteiger partial charge in [0.1, 0.15) is 17.7 Å². The van der Waals surface area contributed by atoms with Crippen LogP contribution < -0.4 is 9.80 Å². The Balaban J connectivity index is 2.07. The van der Waals surface area contributed by atoms with Crippen LogP contribution in [-0.4, -0.2) is 21.7 Å². The van der Waals surface area contributed by atoms with E-state index < -0.39 is 5.54 Å². The van der Waals surface area contributed by atoms with Crippen LogP contribution in [0.4, 0.5) is 11.4 Å². The average Bonchev–Trinajstić information content (AvgIpc) is 2.85. The fourth-order valence-corrected chi connectivity index (χ4v) is 3.59. The van der Waals surface area contributed by atoms with Crippen molar-refractivity contribution < 1.29 is 9.90 Å². The normalized spacial score (nSPS) is 15.6. The maximum absolute atomic E-state index is 13.1. The molecule has 0 atom stereocenters. The van der Waals surface area contributed by atoms with Crippen LogP contribution in [0.3, 0.4) is 0 Å². The molecule has 7 heteroatoms. The zero-order chi connectivity index (χ0) is 19.8. The van der Waals surface area contributed by atoms with Crippen LogP contribution in [0.1, 0.15) is 30.5 Å². The number of carbonyl (C=O) groups excluding carboxylic acids is 1. The lowest BCUT2D eigenvalue weighted by Gasteiger charge is -2.29. The summed E-state index contributed by atoms with van der Waals surface area (Å²) in [5.74, 6) is -0.229. The molecule has 1 aliphatic heterocycles. The van der Waals surface area contributed by atoms with Gasteiger partial charge in [0, 0.05) is 5.69 Å². The molecule has 1 amide bonds. The summed E-state index contributed by atoms with van der Waals surface area (Å²) in [6.07, 6.45) is 0. The Bertz CT molecular complexity index is 1020. The van der Waals surface area contributed by atoms with Crippen molar-refractivity contribution >= 4 is 34.6 Å². The highest BCUT2D eigenvalue weighted by Crippen LogP contribution is 2.36. The summed E-state index contributed by atoms with van der Waals surface area (Å²) in [5.41, 5.74) is 1.44. The van der Waals surface area contributed by atoms with Gasteiger partial charge in [-0.1, -0.05) is 12.1 Å². The minimum Gasteiger partial charge on any atom is -0.392 e. The minimum absolute atomic E-state index is 0.0681. The smallest absolute Gasteiger partial charge is 0.259 e. The SMILES string of the molecule is CC1(C)C(=O)N(c2ccc(C#N)c(C#N)c2)C(=S)N1c1ccc(CO)cc1. The number of nitrogens with zero attached hydrogens (tertiary/aromatic N) is 4. The van der Waals surface area contributed by atoms with Gasteiger partial charge >= 0.3 is 0 Å². The zero-order valence-electron chi connectivity index (χ0n) is 14.8. The number of aliphatic hydroxyl groups is 1. The molecule has 6 nitrogen and oxygen atoms in total. The maximum Gasteiger partial charge on any atom is 0.259 e. The minimum atomic E-state index is -0.932. The Hall–Kier alpha value is -3.26. The monoisotopic (exact) mass is 376 g/mol. The second kappa shape index (κ2) is 6.81. The molecule has 0 aromatic heterocycles. The molecule has 1 N–H and O–H groups in total. The van der Waals surface area contributed by atoms with Crippen LogP contribution in [0.2, 0.25) is 0 Å². The molecule has 27 heavy (non-hydrogen) atoms. The molecular weight excluding hydrogens is 360 g/mol. The number of benzene rings is 2. The van der Waals surface area contributed by atoms with Gasteiger partial charge in [0.15, 0.2) is 5.11 Å². The molecule has 3 rings (SSSR count). The number of carbonyl (C=O) groups is 1. The van der Waals surface area contributed by atoms with Gasteiger partial charge in [0.05, 0.1) is 23.4 Å². The molecule has 0 saturated carbocycles. The van der Waals surface area contributed by atoms with E-state index >= 15 is 0 Å². The fraction of sp³-hybridized carbons (Fsp3) is 0.200. The second-order valence-electron chi connectivity index (χ2n) is 6.60. The van der Waals surface area contributed by atoms with Crippen molar-refractivity contribution in [2.24, 2.45) is 0 Å². The quantitative estimate of drug-likeness (QED) is 0.828. The van der Waals surface area contributed by atoms with Gasteiger partial charge in [-0.15, -0.1) is 0 Å². The third-order valence-electron chi connectivity index (χ3n) is 4.55. The Morgan fingerprint density at radius 2 is 1.63 bits per heavy atom. The Kier molecular flexibility index (Phi) is 4.67. The molecule has 0 aliphatic carbocycles. The average molecular weight is 376 g/mol. The highest BCUT2D eigenvalue weighted by molar-refractivity contribution is 7.81. The molecule has 0 unspecified atom stereocenters. The van der Waals surface area contributed by atoms with E-state index in [4.69, 9.17) is 17.5 Å². The van der Waals surface area contributed by atoms with Gasteiger partial charge < -0.3 is 10.0 Å². The first-order chi connectivity index (χ1) is 12.8. The summed E-state index contributed by atoms with van der Waals surface area (Å²) in [6.45, 7) is 3.48. The summed E-state index contributed by atoms with van der Waals surface area (Å²) in [6, 6.07) is 15.7. The predicted molar refractivity (Wildman–Crippen MR) is 105 cm³/mol. The molecule has 134 valence electrons. The van der Waals surface area contributed by atoms with Crippen molar-refractivity contribution in [3.63, 3.8) is 0 Å². The van der Waals surface area contributed by atoms with Crippen LogP contribution in [0.5, 0.6) is 0 Å². The van der Waals surface area contributed by atoms with Crippen LogP contribution >= 0.6 is 12.2 Å². The molecule has 0 radical (unpaired) electrons. The summed E-state index contributed by atoms with van der Waals surface area (Å²) in [7, 11) is 0. The van der Waals surface area contributed by atoms with E-state index in [-0.39, 0.29) is 28.8 Å². The lowest BCUT2D eigenvalue weighted by molar-refractivity contribution is -0.120. The van der Waals surface area contributed by atoms with Crippen molar-refractivity contribution in [2.75, 3.05) is 9.80 Å². The van der Waals surface area contributed by atoms with E-state index in [2.05, 4.69) is 0 Å². The van der Waals surface area contributed by atoms with E-state index in [1.807, 2.05) is 12.1 Å². The zero-order valence-corrected chi connectivity index (χ0v) is 15.6. The van der Waals surface area contributed by atoms with Crippen molar-refractivity contribution in [3.05, 3.63) is 59.2 Å². The van der Waals surface area contributed by atoms with Gasteiger partial charge in [0.25, 0.3) is 5.91 Å². The Morgan fingerprint density at radius 1 is 1.04 bits per heavy atom. The molecule has 2 aromatic carbocycles. The van der Waals surface area contributed by atoms with Gasteiger partial charge in [-0.2, -0.15) is 10.5 Å². The summed E-state index contributed by atoms with van der Waals surface area (Å²) in [4.78, 5) is 16.2. The third-order valence-corrected chi connectivity index (χ3v) is 4.91. The van der Waals surface area contributed by atoms with Crippen molar-refractivity contribution in [2.45, 2.75) is 26.0 Å². The number of thiocarbonyl (C=S) groups is 1. The first-order valence-corrected chi connectivity index (χ1v) is 8.58. The first-order valence-electron chi connectivity index (χ1n) is 8.18. The van der Waals surface area contributed by atoms with Gasteiger partial charge in [0.2, 0.25) is 0 Å². The van der Waals surface area contributed by atoms with Crippen LogP contribution in [0.15, 0.2) is 42.5 Å². The molecule has 1 fully saturated rings. The highest BCUT2D eigenvalue weighted by atomic mass is 32.1. The predicted octanol–water partition coefficient (Wildman–Crippen LogP) is 2.84. The number of hydrogen-bond donors (Lipinski definition) is 1. The second-order valence-corrected chi connectivity index (χ2v) is 6.96. The number of nitriles is 2. The molecule has 1 aliphatic rings. The third kappa shape index (κ3) is 2.93. The van der Waals surface area contributed by atoms with Gasteiger partial charge in [-0.05, 0) is 62.0 Å². The standard InChI is InChI=1S/C20H16N4O2S/c1-20(2)18(26)23(17-8-5-14(10-21)15(9-17)11-22)19(27)24(20)16-6-3-13(12-25)4-7-16/h3-9,25H,12H2,1-2H3. The highest BCUT2D eigenvalue weighted by Gasteiger charge is 2.50. The van der Waals surface area contributed by atoms with Gasteiger partial charge in [-0.25, -0.2) is 0 Å². The summed E-state index contributed by atoms with van der Waals surface area (Å²) >= 11 is 5.59. The number of aliphatic hydroxyl groups excluding tert-OH is 1. The number of rotatable bonds is 3. The largest absolute Gasteiger partial charge is 0.392 e. The fourth-order valence-electron chi connectivity index (χ4n) is 3.07. The van der Waals surface area contributed by atoms with Crippen LogP contribution in [0, 0.1) is 22.7 Å². The summed E-state index contributed by atoms with van der Waals surface area (Å²) < 4.78 is 0. The van der Waals surface area contributed by atoms with Crippen molar-refractivity contribution in [3.8, 4) is 12.1 Å². The van der Waals surface area contributed by atoms with Crippen molar-refractivity contribution in [1.82, 2.24) is 0 Å². The molecule has 1 saturated heterocycles. The molecule has 2 aromatic rings. The van der Waals surface area contributed by atoms with E-state index in [9.17, 15) is 15.2 Å². The van der Waals surface area contributed by atoms with Crippen LogP contribution in [-0.2, 0) is 11.4 Å². The van der Waals surface area contributed by atoms with E-state index in [0.29, 0.717) is 5.69 Å². The number of amides is 1. The molecule has 1 heterocycles. The molecule has 0 spiro atoms. The summed E-state index contributed by atoms with van der Waals surface area (Å²) in [5, 5.41) is 27.9.